The molecular formula is C15H26O5. The number of allylic oxidation sites excluding steroid dienone is 2. The van der Waals surface area contributed by atoms with Gasteiger partial charge in [0.1, 0.15) is 0 Å². The van der Waals surface area contributed by atoms with Crippen LogP contribution < -0.4 is 0 Å². The second kappa shape index (κ2) is 12.7. The third-order valence-electron chi connectivity index (χ3n) is 2.85. The van der Waals surface area contributed by atoms with Gasteiger partial charge in [-0.15, -0.1) is 0 Å². The van der Waals surface area contributed by atoms with E-state index >= 15 is 0 Å². The zero-order valence-corrected chi connectivity index (χ0v) is 12.2. The Kier molecular flexibility index (Phi) is 11.8. The van der Waals surface area contributed by atoms with Gasteiger partial charge in [0.15, 0.2) is 0 Å². The zero-order valence-electron chi connectivity index (χ0n) is 12.2. The van der Waals surface area contributed by atoms with E-state index in [9.17, 15) is 9.59 Å². The van der Waals surface area contributed by atoms with E-state index in [1.54, 1.807) is 0 Å². The number of hydrogen-bond donors (Lipinski definition) is 2. The molecule has 0 fully saturated rings. The minimum atomic E-state index is -0.990. The number of carboxylic acid groups (broad SMARTS) is 1. The molecule has 0 bridgehead atoms. The molecule has 20 heavy (non-hydrogen) atoms. The van der Waals surface area contributed by atoms with Crippen LogP contribution in [-0.2, 0) is 14.3 Å². The van der Waals surface area contributed by atoms with Gasteiger partial charge in [-0.2, -0.15) is 0 Å². The molecule has 116 valence electrons. The highest BCUT2D eigenvalue weighted by atomic mass is 16.5. The molecule has 1 unspecified atom stereocenters. The first-order chi connectivity index (χ1) is 9.61. The molecule has 0 radical (unpaired) electrons. The molecule has 2 N–H and O–H groups in total. The van der Waals surface area contributed by atoms with Crippen LogP contribution in [0, 0.1) is 5.92 Å². The van der Waals surface area contributed by atoms with Gasteiger partial charge in [-0.25, -0.2) is 0 Å². The quantitative estimate of drug-likeness (QED) is 0.327. The maximum atomic E-state index is 11.7. The molecule has 0 aliphatic carbocycles. The van der Waals surface area contributed by atoms with Gasteiger partial charge in [-0.3, -0.25) is 9.59 Å². The van der Waals surface area contributed by atoms with Gasteiger partial charge in [0.2, 0.25) is 0 Å². The Balaban J connectivity index is 4.06. The Morgan fingerprint density at radius 2 is 1.90 bits per heavy atom. The van der Waals surface area contributed by atoms with Crippen molar-refractivity contribution in [3.05, 3.63) is 12.2 Å². The number of aliphatic hydroxyl groups is 1. The Hall–Kier alpha value is -1.36. The van der Waals surface area contributed by atoms with Gasteiger partial charge in [0.05, 0.1) is 18.9 Å². The molecule has 0 aromatic carbocycles. The van der Waals surface area contributed by atoms with E-state index < -0.39 is 17.9 Å². The highest BCUT2D eigenvalue weighted by Gasteiger charge is 2.22. The van der Waals surface area contributed by atoms with Gasteiger partial charge >= 0.3 is 11.9 Å². The summed E-state index contributed by atoms with van der Waals surface area (Å²) in [4.78, 5) is 22.5. The monoisotopic (exact) mass is 286 g/mol. The summed E-state index contributed by atoms with van der Waals surface area (Å²) in [6.45, 7) is 2.20. The van der Waals surface area contributed by atoms with Crippen LogP contribution in [-0.4, -0.2) is 35.4 Å². The maximum absolute atomic E-state index is 11.7. The molecule has 0 amide bonds. The Morgan fingerprint density at radius 3 is 2.50 bits per heavy atom. The summed E-state index contributed by atoms with van der Waals surface area (Å²) in [6.07, 6.45) is 8.64. The number of carbonyl (C=O) groups is 2. The minimum Gasteiger partial charge on any atom is -0.481 e. The Labute approximate surface area is 120 Å². The summed E-state index contributed by atoms with van der Waals surface area (Å²) in [5.41, 5.74) is 0. The van der Waals surface area contributed by atoms with E-state index in [-0.39, 0.29) is 19.6 Å². The summed E-state index contributed by atoms with van der Waals surface area (Å²) >= 11 is 0. The van der Waals surface area contributed by atoms with Crippen LogP contribution in [0.25, 0.3) is 0 Å². The zero-order chi connectivity index (χ0) is 15.2. The lowest BCUT2D eigenvalue weighted by atomic mass is 9.98. The molecule has 0 heterocycles. The topological polar surface area (TPSA) is 83.8 Å². The SMILES string of the molecule is CCC/C=C/CCCC(CC(=O)O)C(=O)OCCCO. The van der Waals surface area contributed by atoms with Crippen LogP contribution in [0.5, 0.6) is 0 Å². The number of unbranched alkanes of at least 4 members (excludes halogenated alkanes) is 2. The first-order valence-corrected chi connectivity index (χ1v) is 7.26. The van der Waals surface area contributed by atoms with E-state index in [0.717, 1.165) is 25.7 Å². The third kappa shape index (κ3) is 10.6. The molecule has 0 aliphatic heterocycles. The van der Waals surface area contributed by atoms with E-state index in [2.05, 4.69) is 19.1 Å². The summed E-state index contributed by atoms with van der Waals surface area (Å²) in [6, 6.07) is 0. The van der Waals surface area contributed by atoms with Crippen LogP contribution in [0.15, 0.2) is 12.2 Å². The number of carboxylic acids is 1. The predicted molar refractivity (Wildman–Crippen MR) is 76.3 cm³/mol. The second-order valence-corrected chi connectivity index (χ2v) is 4.73. The van der Waals surface area contributed by atoms with E-state index in [1.165, 1.54) is 0 Å². The average Bonchev–Trinajstić information content (AvgIpc) is 2.41. The summed E-state index contributed by atoms with van der Waals surface area (Å²) in [7, 11) is 0. The second-order valence-electron chi connectivity index (χ2n) is 4.73. The molecule has 5 nitrogen and oxygen atoms in total. The van der Waals surface area contributed by atoms with Crippen molar-refractivity contribution in [2.45, 2.75) is 51.9 Å². The molecule has 0 rings (SSSR count). The van der Waals surface area contributed by atoms with Crippen LogP contribution in [0.1, 0.15) is 51.9 Å². The highest BCUT2D eigenvalue weighted by molar-refractivity contribution is 5.79. The molecule has 0 aromatic heterocycles. The van der Waals surface area contributed by atoms with E-state index in [4.69, 9.17) is 14.9 Å². The molecule has 0 saturated carbocycles. The molecule has 0 aromatic rings. The lowest BCUT2D eigenvalue weighted by Crippen LogP contribution is -2.21. The van der Waals surface area contributed by atoms with Crippen molar-refractivity contribution in [2.75, 3.05) is 13.2 Å². The van der Waals surface area contributed by atoms with E-state index in [0.29, 0.717) is 12.8 Å². The first kappa shape index (κ1) is 18.6. The fourth-order valence-corrected chi connectivity index (χ4v) is 1.75. The van der Waals surface area contributed by atoms with Crippen molar-refractivity contribution in [1.29, 1.82) is 0 Å². The molecular weight excluding hydrogens is 260 g/mol. The lowest BCUT2D eigenvalue weighted by molar-refractivity contribution is -0.153. The van der Waals surface area contributed by atoms with Gasteiger partial charge in [0.25, 0.3) is 0 Å². The smallest absolute Gasteiger partial charge is 0.309 e. The predicted octanol–water partition coefficient (Wildman–Crippen LogP) is 2.53. The van der Waals surface area contributed by atoms with E-state index in [1.807, 2.05) is 0 Å². The summed E-state index contributed by atoms with van der Waals surface area (Å²) in [5.74, 6) is -2.06. The Morgan fingerprint density at radius 1 is 1.20 bits per heavy atom. The van der Waals surface area contributed by atoms with Crippen LogP contribution in [0.4, 0.5) is 0 Å². The summed E-state index contributed by atoms with van der Waals surface area (Å²) < 4.78 is 4.96. The lowest BCUT2D eigenvalue weighted by Gasteiger charge is -2.13. The maximum Gasteiger partial charge on any atom is 0.309 e. The number of carbonyl (C=O) groups excluding carboxylic acids is 1. The van der Waals surface area contributed by atoms with Crippen molar-refractivity contribution >= 4 is 11.9 Å². The fraction of sp³-hybridized carbons (Fsp3) is 0.733. The van der Waals surface area contributed by atoms with Gasteiger partial charge in [-0.1, -0.05) is 25.5 Å². The van der Waals surface area contributed by atoms with Gasteiger partial charge in [0, 0.05) is 13.0 Å². The van der Waals surface area contributed by atoms with Crippen LogP contribution in [0.2, 0.25) is 0 Å². The minimum absolute atomic E-state index is 0.0426. The number of esters is 1. The standard InChI is InChI=1S/C15H26O5/c1-2-3-4-5-6-7-9-13(12-14(17)18)15(19)20-11-8-10-16/h4-5,13,16H,2-3,6-12H2,1H3,(H,17,18)/b5-4+. The third-order valence-corrected chi connectivity index (χ3v) is 2.85. The van der Waals surface area contributed by atoms with Crippen LogP contribution >= 0.6 is 0 Å². The number of ether oxygens (including phenoxy) is 1. The molecule has 0 spiro atoms. The van der Waals surface area contributed by atoms with Crippen molar-refractivity contribution in [1.82, 2.24) is 0 Å². The molecule has 5 heteroatoms. The van der Waals surface area contributed by atoms with Crippen molar-refractivity contribution in [3.8, 4) is 0 Å². The molecule has 1 atom stereocenters. The number of aliphatic carboxylic acids is 1. The van der Waals surface area contributed by atoms with Crippen LogP contribution in [0.3, 0.4) is 0 Å². The average molecular weight is 286 g/mol. The first-order valence-electron chi connectivity index (χ1n) is 7.26. The highest BCUT2D eigenvalue weighted by Crippen LogP contribution is 2.15. The molecule has 0 saturated heterocycles. The molecule has 0 aliphatic rings. The van der Waals surface area contributed by atoms with Crippen molar-refractivity contribution < 1.29 is 24.5 Å². The van der Waals surface area contributed by atoms with Gasteiger partial charge < -0.3 is 14.9 Å². The number of aliphatic hydroxyl groups excluding tert-OH is 1. The normalized spacial score (nSPS) is 12.5. The fourth-order valence-electron chi connectivity index (χ4n) is 1.75. The summed E-state index contributed by atoms with van der Waals surface area (Å²) in [5, 5.41) is 17.4. The number of rotatable bonds is 12. The Bertz CT molecular complexity index is 299. The van der Waals surface area contributed by atoms with Crippen molar-refractivity contribution in [2.24, 2.45) is 5.92 Å². The number of hydrogen-bond acceptors (Lipinski definition) is 4. The van der Waals surface area contributed by atoms with Gasteiger partial charge in [-0.05, 0) is 25.7 Å². The largest absolute Gasteiger partial charge is 0.481 e. The van der Waals surface area contributed by atoms with Crippen molar-refractivity contribution in [3.63, 3.8) is 0 Å².